The number of benzene rings is 2. The third-order valence-corrected chi connectivity index (χ3v) is 6.38. The molecular formula is C19H27NSi2. The van der Waals surface area contributed by atoms with Crippen LogP contribution in [0.15, 0.2) is 36.3 Å². The lowest BCUT2D eigenvalue weighted by Gasteiger charge is -2.17. The molecule has 3 aromatic rings. The molecule has 0 bridgehead atoms. The van der Waals surface area contributed by atoms with Crippen LogP contribution in [0.2, 0.25) is 39.1 Å². The van der Waals surface area contributed by atoms with Gasteiger partial charge in [-0.05, 0) is 12.1 Å². The molecule has 3 rings (SSSR count). The lowest BCUT2D eigenvalue weighted by molar-refractivity contribution is 1.01. The van der Waals surface area contributed by atoms with E-state index in [1.165, 1.54) is 24.7 Å². The zero-order chi connectivity index (χ0) is 29.0. The van der Waals surface area contributed by atoms with Crippen molar-refractivity contribution < 1.29 is 20.6 Å². The molecule has 0 spiro atoms. The zero-order valence-electron chi connectivity index (χ0n) is 27.9. The molecule has 2 aromatic carbocycles. The molecule has 0 aliphatic rings. The van der Waals surface area contributed by atoms with E-state index in [2.05, 4.69) is 0 Å². The van der Waals surface area contributed by atoms with Crippen LogP contribution in [0.1, 0.15) is 20.6 Å². The van der Waals surface area contributed by atoms with Gasteiger partial charge in [-0.25, -0.2) is 0 Å². The Balaban J connectivity index is 2.77. The monoisotopic (exact) mass is 340 g/mol. The predicted molar refractivity (Wildman–Crippen MR) is 106 cm³/mol. The van der Waals surface area contributed by atoms with Gasteiger partial charge in [-0.15, -0.1) is 0 Å². The first kappa shape index (κ1) is 5.64. The molecule has 0 amide bonds. The summed E-state index contributed by atoms with van der Waals surface area (Å²) in [5.41, 5.74) is -0.137. The van der Waals surface area contributed by atoms with E-state index in [0.717, 1.165) is 6.55 Å². The van der Waals surface area contributed by atoms with Crippen molar-refractivity contribution in [1.82, 2.24) is 4.57 Å². The number of nitrogens with zero attached hydrogens (tertiary/aromatic N) is 1. The van der Waals surface area contributed by atoms with Crippen molar-refractivity contribution in [3.63, 3.8) is 0 Å². The average Bonchev–Trinajstić information content (AvgIpc) is 3.01. The van der Waals surface area contributed by atoms with Crippen LogP contribution in [-0.4, -0.2) is 20.7 Å². The molecule has 0 saturated heterocycles. The Labute approximate surface area is 157 Å². The number of fused-ring (bicyclic) bond motifs is 3. The first-order valence-electron chi connectivity index (χ1n) is 14.4. The number of rotatable bonds is 2. The minimum atomic E-state index is -4.70. The van der Waals surface area contributed by atoms with Crippen molar-refractivity contribution in [1.29, 1.82) is 0 Å². The normalized spacial score (nSPS) is 24.8. The Kier molecular flexibility index (Phi) is 1.24. The van der Waals surface area contributed by atoms with E-state index in [4.69, 9.17) is 20.6 Å². The van der Waals surface area contributed by atoms with Gasteiger partial charge in [0, 0.05) is 41.2 Å². The van der Waals surface area contributed by atoms with Crippen molar-refractivity contribution in [2.45, 2.75) is 39.1 Å². The fraction of sp³-hybridized carbons (Fsp3) is 0.368. The van der Waals surface area contributed by atoms with Gasteiger partial charge in [0.2, 0.25) is 0 Å². The van der Waals surface area contributed by atoms with Gasteiger partial charge in [-0.2, -0.15) is 0 Å². The second-order valence-corrected chi connectivity index (χ2v) is 12.8. The Morgan fingerprint density at radius 1 is 0.818 bits per heavy atom. The van der Waals surface area contributed by atoms with Gasteiger partial charge in [0.25, 0.3) is 0 Å². The maximum absolute atomic E-state index is 8.98. The smallest absolute Gasteiger partial charge is 0.0776 e. The van der Waals surface area contributed by atoms with E-state index in [0.29, 0.717) is 0 Å². The Morgan fingerprint density at radius 3 is 1.73 bits per heavy atom. The van der Waals surface area contributed by atoms with E-state index in [1.807, 2.05) is 0 Å². The van der Waals surface area contributed by atoms with Crippen LogP contribution in [-0.2, 0) is 7.05 Å². The van der Waals surface area contributed by atoms with Crippen molar-refractivity contribution in [3.05, 3.63) is 36.3 Å². The largest absolute Gasteiger partial charge is 0.344 e. The molecule has 0 radical (unpaired) electrons. The molecule has 0 aliphatic carbocycles. The van der Waals surface area contributed by atoms with Gasteiger partial charge in [0.1, 0.15) is 0 Å². The number of hydrogen-bond acceptors (Lipinski definition) is 0. The summed E-state index contributed by atoms with van der Waals surface area (Å²) in [7, 11) is -6.86. The molecule has 1 heterocycles. The molecule has 0 saturated carbocycles. The first-order chi connectivity index (χ1) is 16.4. The molecule has 22 heavy (non-hydrogen) atoms. The highest BCUT2D eigenvalue weighted by Gasteiger charge is 2.20. The minimum absolute atomic E-state index is 0.0474. The van der Waals surface area contributed by atoms with Gasteiger partial charge in [-0.1, -0.05) is 73.6 Å². The summed E-state index contributed by atoms with van der Waals surface area (Å²) in [6, 6.07) is -3.21. The van der Waals surface area contributed by atoms with Crippen LogP contribution in [0.4, 0.5) is 0 Å². The summed E-state index contributed by atoms with van der Waals surface area (Å²) in [4.78, 5) is 0. The Bertz CT molecular complexity index is 1430. The standard InChI is InChI=1S/C19H27NSi2/c1-20-18-10-8-14(21(2,3)4)12-16(18)17-13-15(22(5,6)7)9-11-19(17)20/h8-13H,1-7H3/i2D3,3D3,5D3,8D,9D,10D,11D,12D,13D. The number of aromatic nitrogens is 1. The topological polar surface area (TPSA) is 4.93 Å². The highest BCUT2D eigenvalue weighted by Crippen LogP contribution is 2.27. The molecule has 0 unspecified atom stereocenters. The van der Waals surface area contributed by atoms with E-state index >= 15 is 0 Å². The molecular weight excluding hydrogens is 298 g/mol. The van der Waals surface area contributed by atoms with E-state index in [-0.39, 0.29) is 27.0 Å². The highest BCUT2D eigenvalue weighted by molar-refractivity contribution is 6.89. The zero-order valence-corrected chi connectivity index (χ0v) is 14.9. The number of hydrogen-bond donors (Lipinski definition) is 0. The minimum Gasteiger partial charge on any atom is -0.344 e. The van der Waals surface area contributed by atoms with Crippen molar-refractivity contribution in [3.8, 4) is 0 Å². The molecule has 116 valence electrons. The fourth-order valence-corrected chi connectivity index (χ4v) is 3.84. The maximum Gasteiger partial charge on any atom is 0.0776 e. The van der Waals surface area contributed by atoms with Gasteiger partial charge in [-0.3, -0.25) is 0 Å². The summed E-state index contributed by atoms with van der Waals surface area (Å²) < 4.78 is 126. The molecule has 1 nitrogen and oxygen atoms in total. The Morgan fingerprint density at radius 2 is 1.27 bits per heavy atom. The van der Waals surface area contributed by atoms with Gasteiger partial charge < -0.3 is 4.57 Å². The summed E-state index contributed by atoms with van der Waals surface area (Å²) >= 11 is 0. The first-order valence-corrected chi connectivity index (χ1v) is 12.4. The quantitative estimate of drug-likeness (QED) is 0.609. The van der Waals surface area contributed by atoms with Crippen LogP contribution >= 0.6 is 0 Å². The second kappa shape index (κ2) is 4.83. The summed E-state index contributed by atoms with van der Waals surface area (Å²) in [5, 5.41) is -1.03. The Hall–Kier alpha value is -1.33. The van der Waals surface area contributed by atoms with Crippen molar-refractivity contribution >= 4 is 48.3 Å². The molecule has 0 N–H and O–H groups in total. The second-order valence-electron chi connectivity index (χ2n) is 6.26. The van der Waals surface area contributed by atoms with Crippen LogP contribution in [0, 0.1) is 0 Å². The van der Waals surface area contributed by atoms with E-state index in [9.17, 15) is 0 Å². The van der Waals surface area contributed by atoms with Crippen LogP contribution in [0.5, 0.6) is 0 Å². The number of aryl methyl sites for hydroxylation is 1. The highest BCUT2D eigenvalue weighted by atomic mass is 28.3. The SMILES string of the molecule is [2H]c1c([Si](C)(C)C([2H])([2H])[2H])c([2H])c2c3c([2H])c([Si](C)(C([2H])([2H])[2H])C([2H])([2H])[2H])c([2H])c([2H])c3n(C)c2c1[2H]. The fourth-order valence-electron chi connectivity index (χ4n) is 2.34. The lowest BCUT2D eigenvalue weighted by Crippen LogP contribution is -2.37. The third-order valence-electron chi connectivity index (χ3n) is 3.63. The van der Waals surface area contributed by atoms with E-state index in [1.54, 1.807) is 0 Å². The lowest BCUT2D eigenvalue weighted by atomic mass is 10.1. The van der Waals surface area contributed by atoms with Gasteiger partial charge >= 0.3 is 0 Å². The predicted octanol–water partition coefficient (Wildman–Crippen LogP) is 4.42. The maximum atomic E-state index is 8.98. The third kappa shape index (κ3) is 2.46. The molecule has 0 atom stereocenters. The molecule has 3 heteroatoms. The van der Waals surface area contributed by atoms with Gasteiger partial charge in [0.05, 0.1) is 24.4 Å². The van der Waals surface area contributed by atoms with Gasteiger partial charge in [0.15, 0.2) is 0 Å². The molecule has 0 fully saturated rings. The summed E-state index contributed by atoms with van der Waals surface area (Å²) in [6.07, 6.45) is 0. The molecule has 1 aromatic heterocycles. The summed E-state index contributed by atoms with van der Waals surface area (Å²) in [5.74, 6) is 0. The van der Waals surface area contributed by atoms with Crippen LogP contribution in [0.3, 0.4) is 0 Å². The van der Waals surface area contributed by atoms with Crippen LogP contribution in [0.25, 0.3) is 21.8 Å². The van der Waals surface area contributed by atoms with Crippen molar-refractivity contribution in [2.24, 2.45) is 7.05 Å². The van der Waals surface area contributed by atoms with Crippen molar-refractivity contribution in [2.75, 3.05) is 0 Å². The molecule has 0 aliphatic heterocycles. The van der Waals surface area contributed by atoms with Crippen LogP contribution < -0.4 is 10.4 Å². The van der Waals surface area contributed by atoms with E-state index < -0.39 is 77.0 Å². The average molecular weight is 341 g/mol. The summed E-state index contributed by atoms with van der Waals surface area (Å²) in [6.45, 7) is -4.77.